The Hall–Kier alpha value is -1.30. The van der Waals surface area contributed by atoms with E-state index >= 15 is 0 Å². The SMILES string of the molecule is CC(C)(C)OC(=O)NCCOCCOCCOCCOCCOCCOCCC=O. The molecule has 0 rings (SSSR count). The highest BCUT2D eigenvalue weighted by atomic mass is 16.6. The van der Waals surface area contributed by atoms with Crippen molar-refractivity contribution in [2.45, 2.75) is 32.8 Å². The second kappa shape index (κ2) is 21.0. The van der Waals surface area contributed by atoms with Gasteiger partial charge in [-0.25, -0.2) is 4.79 Å². The lowest BCUT2D eigenvalue weighted by Crippen LogP contribution is -2.34. The summed E-state index contributed by atoms with van der Waals surface area (Å²) in [6.45, 7) is 11.5. The normalized spacial score (nSPS) is 11.4. The highest BCUT2D eigenvalue weighted by Crippen LogP contribution is 2.05. The standard InChI is InChI=1S/C20H39NO9/c1-20(2,3)30-19(23)21-5-8-25-10-12-27-14-16-29-18-17-28-15-13-26-11-9-24-7-4-6-22/h6H,4-5,7-18H2,1-3H3,(H,21,23). The molecule has 0 aromatic rings. The molecule has 0 radical (unpaired) electrons. The molecule has 178 valence electrons. The van der Waals surface area contributed by atoms with Crippen molar-refractivity contribution in [2.24, 2.45) is 0 Å². The lowest BCUT2D eigenvalue weighted by Gasteiger charge is -2.19. The molecule has 30 heavy (non-hydrogen) atoms. The Morgan fingerprint density at radius 2 is 1.03 bits per heavy atom. The molecular weight excluding hydrogens is 398 g/mol. The van der Waals surface area contributed by atoms with Gasteiger partial charge < -0.3 is 43.3 Å². The third-order valence-corrected chi connectivity index (χ3v) is 3.15. The molecule has 0 aliphatic heterocycles. The van der Waals surface area contributed by atoms with Crippen molar-refractivity contribution in [1.29, 1.82) is 0 Å². The molecule has 0 aromatic heterocycles. The number of amides is 1. The van der Waals surface area contributed by atoms with Gasteiger partial charge in [-0.2, -0.15) is 0 Å². The molecule has 0 fully saturated rings. The first-order valence-corrected chi connectivity index (χ1v) is 10.3. The Morgan fingerprint density at radius 1 is 0.667 bits per heavy atom. The van der Waals surface area contributed by atoms with Gasteiger partial charge in [-0.15, -0.1) is 0 Å². The summed E-state index contributed by atoms with van der Waals surface area (Å²) in [7, 11) is 0. The van der Waals surface area contributed by atoms with Gasteiger partial charge in [0.2, 0.25) is 0 Å². The second-order valence-corrected chi connectivity index (χ2v) is 7.06. The molecule has 0 atom stereocenters. The fourth-order valence-electron chi connectivity index (χ4n) is 1.87. The van der Waals surface area contributed by atoms with Crippen molar-refractivity contribution in [3.8, 4) is 0 Å². The Kier molecular flexibility index (Phi) is 20.0. The number of ether oxygens (including phenoxy) is 7. The second-order valence-electron chi connectivity index (χ2n) is 7.06. The maximum atomic E-state index is 11.4. The third-order valence-electron chi connectivity index (χ3n) is 3.15. The van der Waals surface area contributed by atoms with Crippen molar-refractivity contribution < 1.29 is 42.7 Å². The van der Waals surface area contributed by atoms with Crippen molar-refractivity contribution in [3.63, 3.8) is 0 Å². The van der Waals surface area contributed by atoms with Crippen LogP contribution in [0.15, 0.2) is 0 Å². The highest BCUT2D eigenvalue weighted by molar-refractivity contribution is 5.67. The van der Waals surface area contributed by atoms with E-state index in [1.807, 2.05) is 20.8 Å². The average molecular weight is 438 g/mol. The maximum Gasteiger partial charge on any atom is 0.407 e. The van der Waals surface area contributed by atoms with Crippen LogP contribution in [0.1, 0.15) is 27.2 Å². The van der Waals surface area contributed by atoms with Crippen molar-refractivity contribution in [2.75, 3.05) is 85.8 Å². The number of carbonyl (C=O) groups excluding carboxylic acids is 2. The first kappa shape index (κ1) is 28.7. The molecule has 1 N–H and O–H groups in total. The topological polar surface area (TPSA) is 111 Å². The van der Waals surface area contributed by atoms with E-state index in [0.29, 0.717) is 92.2 Å². The molecular formula is C20H39NO9. The lowest BCUT2D eigenvalue weighted by molar-refractivity contribution is -0.109. The van der Waals surface area contributed by atoms with Crippen LogP contribution in [0.5, 0.6) is 0 Å². The number of alkyl carbamates (subject to hydrolysis) is 1. The fourth-order valence-corrected chi connectivity index (χ4v) is 1.87. The largest absolute Gasteiger partial charge is 0.444 e. The smallest absolute Gasteiger partial charge is 0.407 e. The number of aldehydes is 1. The summed E-state index contributed by atoms with van der Waals surface area (Å²) in [4.78, 5) is 21.5. The fraction of sp³-hybridized carbons (Fsp3) is 0.900. The third kappa shape index (κ3) is 24.7. The average Bonchev–Trinajstić information content (AvgIpc) is 2.68. The summed E-state index contributed by atoms with van der Waals surface area (Å²) in [6.07, 6.45) is 0.791. The van der Waals surface area contributed by atoms with Crippen molar-refractivity contribution in [1.82, 2.24) is 5.32 Å². The first-order chi connectivity index (χ1) is 14.5. The monoisotopic (exact) mass is 437 g/mol. The van der Waals surface area contributed by atoms with Crippen LogP contribution < -0.4 is 5.32 Å². The van der Waals surface area contributed by atoms with Gasteiger partial charge in [0, 0.05) is 13.0 Å². The summed E-state index contributed by atoms with van der Waals surface area (Å²) < 4.78 is 37.1. The number of hydrogen-bond acceptors (Lipinski definition) is 9. The van der Waals surface area contributed by atoms with Gasteiger partial charge in [0.05, 0.1) is 79.3 Å². The number of nitrogens with one attached hydrogen (secondary N) is 1. The minimum absolute atomic E-state index is 0.387. The molecule has 0 heterocycles. The van der Waals surface area contributed by atoms with Crippen LogP contribution in [0.4, 0.5) is 4.79 Å². The molecule has 10 heteroatoms. The summed E-state index contributed by atoms with van der Waals surface area (Å²) in [5.41, 5.74) is -0.504. The van der Waals surface area contributed by atoms with E-state index in [2.05, 4.69) is 5.32 Å². The van der Waals surface area contributed by atoms with Crippen LogP contribution in [0, 0.1) is 0 Å². The zero-order valence-corrected chi connectivity index (χ0v) is 18.7. The zero-order chi connectivity index (χ0) is 22.3. The molecule has 0 spiro atoms. The van der Waals surface area contributed by atoms with Gasteiger partial charge in [0.25, 0.3) is 0 Å². The number of carbonyl (C=O) groups is 2. The van der Waals surface area contributed by atoms with E-state index in [9.17, 15) is 9.59 Å². The predicted molar refractivity (Wildman–Crippen MR) is 110 cm³/mol. The van der Waals surface area contributed by atoms with Gasteiger partial charge >= 0.3 is 6.09 Å². The highest BCUT2D eigenvalue weighted by Gasteiger charge is 2.15. The van der Waals surface area contributed by atoms with E-state index in [1.54, 1.807) is 0 Å². The van der Waals surface area contributed by atoms with Crippen molar-refractivity contribution in [3.05, 3.63) is 0 Å². The molecule has 0 bridgehead atoms. The molecule has 0 aromatic carbocycles. The van der Waals surface area contributed by atoms with Gasteiger partial charge in [0.15, 0.2) is 0 Å². The van der Waals surface area contributed by atoms with Gasteiger partial charge in [0.1, 0.15) is 11.9 Å². The molecule has 0 saturated heterocycles. The Balaban J connectivity index is 3.11. The lowest BCUT2D eigenvalue weighted by atomic mass is 10.2. The van der Waals surface area contributed by atoms with E-state index in [-0.39, 0.29) is 0 Å². The van der Waals surface area contributed by atoms with Crippen LogP contribution >= 0.6 is 0 Å². The van der Waals surface area contributed by atoms with E-state index < -0.39 is 11.7 Å². The van der Waals surface area contributed by atoms with Crippen LogP contribution in [0.2, 0.25) is 0 Å². The first-order valence-electron chi connectivity index (χ1n) is 10.3. The number of hydrogen-bond donors (Lipinski definition) is 1. The molecule has 0 unspecified atom stereocenters. The van der Waals surface area contributed by atoms with Crippen LogP contribution in [-0.4, -0.2) is 104 Å². The van der Waals surface area contributed by atoms with Gasteiger partial charge in [-0.05, 0) is 20.8 Å². The zero-order valence-electron chi connectivity index (χ0n) is 18.7. The van der Waals surface area contributed by atoms with Crippen LogP contribution in [0.25, 0.3) is 0 Å². The Labute approximate surface area is 179 Å². The predicted octanol–water partition coefficient (Wildman–Crippen LogP) is 1.20. The van der Waals surface area contributed by atoms with Gasteiger partial charge in [-0.1, -0.05) is 0 Å². The maximum absolute atomic E-state index is 11.4. The molecule has 1 amide bonds. The molecule has 10 nitrogen and oxygen atoms in total. The van der Waals surface area contributed by atoms with Gasteiger partial charge in [-0.3, -0.25) is 0 Å². The molecule has 0 saturated carbocycles. The molecule has 0 aliphatic carbocycles. The summed E-state index contributed by atoms with van der Waals surface area (Å²) in [6, 6.07) is 0. The Morgan fingerprint density at radius 3 is 1.40 bits per heavy atom. The summed E-state index contributed by atoms with van der Waals surface area (Å²) in [5, 5.41) is 2.62. The molecule has 0 aliphatic rings. The van der Waals surface area contributed by atoms with E-state index in [1.165, 1.54) is 0 Å². The number of rotatable bonds is 21. The van der Waals surface area contributed by atoms with E-state index in [0.717, 1.165) is 6.29 Å². The summed E-state index contributed by atoms with van der Waals surface area (Å²) in [5.74, 6) is 0. The summed E-state index contributed by atoms with van der Waals surface area (Å²) >= 11 is 0. The van der Waals surface area contributed by atoms with E-state index in [4.69, 9.17) is 33.2 Å². The quantitative estimate of drug-likeness (QED) is 0.209. The minimum atomic E-state index is -0.504. The van der Waals surface area contributed by atoms with Crippen LogP contribution in [-0.2, 0) is 38.0 Å². The minimum Gasteiger partial charge on any atom is -0.444 e. The van der Waals surface area contributed by atoms with Crippen molar-refractivity contribution >= 4 is 12.4 Å². The van der Waals surface area contributed by atoms with Crippen LogP contribution in [0.3, 0.4) is 0 Å². The Bertz CT molecular complexity index is 402.